The highest BCUT2D eigenvalue weighted by Gasteiger charge is 2.35. The van der Waals surface area contributed by atoms with Crippen molar-refractivity contribution in [1.29, 1.82) is 0 Å². The Kier molecular flexibility index (Phi) is 6.21. The van der Waals surface area contributed by atoms with Gasteiger partial charge in [-0.3, -0.25) is 9.59 Å². The third kappa shape index (κ3) is 5.38. The summed E-state index contributed by atoms with van der Waals surface area (Å²) in [7, 11) is -3.65. The predicted octanol–water partition coefficient (Wildman–Crippen LogP) is 3.41. The number of hydrogen-bond acceptors (Lipinski definition) is 4. The number of nitrogens with zero attached hydrogens (tertiary/aromatic N) is 1. The molecule has 3 rings (SSSR count). The zero-order valence-corrected chi connectivity index (χ0v) is 18.5. The Morgan fingerprint density at radius 3 is 2.23 bits per heavy atom. The molecule has 1 unspecified atom stereocenters. The summed E-state index contributed by atoms with van der Waals surface area (Å²) in [4.78, 5) is 26.6. The molecule has 1 atom stereocenters. The summed E-state index contributed by atoms with van der Waals surface area (Å²) in [5.41, 5.74) is 0.559. The van der Waals surface area contributed by atoms with Gasteiger partial charge >= 0.3 is 0 Å². The first kappa shape index (κ1) is 22.3. The predicted molar refractivity (Wildman–Crippen MR) is 117 cm³/mol. The van der Waals surface area contributed by atoms with Crippen LogP contribution in [0, 0.1) is 5.92 Å². The van der Waals surface area contributed by atoms with Crippen molar-refractivity contribution in [3.05, 3.63) is 53.6 Å². The van der Waals surface area contributed by atoms with Crippen molar-refractivity contribution in [2.24, 2.45) is 5.92 Å². The Hall–Kier alpha value is -2.42. The summed E-state index contributed by atoms with van der Waals surface area (Å²) in [6.45, 7) is 5.55. The number of benzene rings is 2. The van der Waals surface area contributed by atoms with Crippen LogP contribution in [0.2, 0.25) is 5.02 Å². The zero-order chi connectivity index (χ0) is 22.1. The van der Waals surface area contributed by atoms with Crippen LogP contribution >= 0.6 is 11.6 Å². The smallest absolute Gasteiger partial charge is 0.241 e. The van der Waals surface area contributed by atoms with Gasteiger partial charge < -0.3 is 10.2 Å². The van der Waals surface area contributed by atoms with Crippen molar-refractivity contribution in [2.75, 3.05) is 16.8 Å². The third-order valence-electron chi connectivity index (χ3n) is 4.51. The molecule has 9 heteroatoms. The second-order valence-corrected chi connectivity index (χ2v) is 10.4. The summed E-state index contributed by atoms with van der Waals surface area (Å²) in [5.74, 6) is -0.922. The van der Waals surface area contributed by atoms with Gasteiger partial charge in [0.1, 0.15) is 0 Å². The molecule has 1 heterocycles. The number of halogens is 1. The van der Waals surface area contributed by atoms with Gasteiger partial charge in [0.2, 0.25) is 21.8 Å². The molecule has 1 fully saturated rings. The van der Waals surface area contributed by atoms with Gasteiger partial charge in [0.05, 0.1) is 10.8 Å². The molecule has 2 N–H and O–H groups in total. The van der Waals surface area contributed by atoms with E-state index < -0.39 is 21.5 Å². The molecule has 7 nitrogen and oxygen atoms in total. The highest BCUT2D eigenvalue weighted by molar-refractivity contribution is 7.89. The second-order valence-electron chi connectivity index (χ2n) is 8.25. The Morgan fingerprint density at radius 2 is 1.67 bits per heavy atom. The minimum absolute atomic E-state index is 0.108. The summed E-state index contributed by atoms with van der Waals surface area (Å²) in [6, 6.07) is 12.8. The largest absolute Gasteiger partial charge is 0.326 e. The van der Waals surface area contributed by atoms with Gasteiger partial charge in [-0.05, 0) is 69.3 Å². The first-order valence-electron chi connectivity index (χ1n) is 9.45. The first-order valence-corrected chi connectivity index (χ1v) is 11.3. The maximum Gasteiger partial charge on any atom is 0.241 e. The van der Waals surface area contributed by atoms with E-state index in [0.29, 0.717) is 16.4 Å². The molecular formula is C21H24ClN3O4S. The third-order valence-corrected chi connectivity index (χ3v) is 6.53. The summed E-state index contributed by atoms with van der Waals surface area (Å²) in [6.07, 6.45) is 0.108. The van der Waals surface area contributed by atoms with Crippen molar-refractivity contribution >= 4 is 44.8 Å². The monoisotopic (exact) mass is 449 g/mol. The van der Waals surface area contributed by atoms with Crippen LogP contribution in [0.1, 0.15) is 27.2 Å². The van der Waals surface area contributed by atoms with Crippen molar-refractivity contribution < 1.29 is 18.0 Å². The SMILES string of the molecule is CC(C)(C)NS(=O)(=O)c1ccc(NC(=O)C2CC(=O)N(c3ccc(Cl)cc3)C2)cc1. The lowest BCUT2D eigenvalue weighted by molar-refractivity contribution is -0.122. The molecule has 0 bridgehead atoms. The van der Waals surface area contributed by atoms with Crippen LogP contribution < -0.4 is 14.9 Å². The summed E-state index contributed by atoms with van der Waals surface area (Å²) < 4.78 is 27.3. The number of hydrogen-bond donors (Lipinski definition) is 2. The topological polar surface area (TPSA) is 95.6 Å². The maximum atomic E-state index is 12.6. The molecule has 2 amide bonds. The number of anilines is 2. The van der Waals surface area contributed by atoms with E-state index in [0.717, 1.165) is 0 Å². The Morgan fingerprint density at radius 1 is 1.07 bits per heavy atom. The number of amides is 2. The summed E-state index contributed by atoms with van der Waals surface area (Å²) >= 11 is 5.89. The lowest BCUT2D eigenvalue weighted by atomic mass is 10.1. The van der Waals surface area contributed by atoms with Crippen LogP contribution in [0.15, 0.2) is 53.4 Å². The van der Waals surface area contributed by atoms with Crippen LogP contribution in [0.25, 0.3) is 0 Å². The van der Waals surface area contributed by atoms with Gasteiger partial charge in [-0.15, -0.1) is 0 Å². The van der Waals surface area contributed by atoms with Crippen LogP contribution in [0.4, 0.5) is 11.4 Å². The number of rotatable bonds is 5. The van der Waals surface area contributed by atoms with E-state index in [1.807, 2.05) is 0 Å². The van der Waals surface area contributed by atoms with E-state index in [-0.39, 0.29) is 29.7 Å². The molecule has 0 aliphatic carbocycles. The minimum atomic E-state index is -3.65. The lowest BCUT2D eigenvalue weighted by Crippen LogP contribution is -2.40. The zero-order valence-electron chi connectivity index (χ0n) is 17.0. The van der Waals surface area contributed by atoms with E-state index in [1.54, 1.807) is 49.9 Å². The van der Waals surface area contributed by atoms with Gasteiger partial charge in [-0.2, -0.15) is 0 Å². The van der Waals surface area contributed by atoms with Crippen LogP contribution in [0.3, 0.4) is 0 Å². The van der Waals surface area contributed by atoms with E-state index in [4.69, 9.17) is 11.6 Å². The van der Waals surface area contributed by atoms with Crippen molar-refractivity contribution in [3.63, 3.8) is 0 Å². The van der Waals surface area contributed by atoms with Crippen molar-refractivity contribution in [3.8, 4) is 0 Å². The highest BCUT2D eigenvalue weighted by Crippen LogP contribution is 2.27. The standard InChI is InChI=1S/C21H24ClN3O4S/c1-21(2,3)24-30(28,29)18-10-6-16(7-11-18)23-20(27)14-12-19(26)25(13-14)17-8-4-15(22)5-9-17/h4-11,14,24H,12-13H2,1-3H3,(H,23,27). The van der Waals surface area contributed by atoms with Gasteiger partial charge in [0.15, 0.2) is 0 Å². The van der Waals surface area contributed by atoms with Gasteiger partial charge in [-0.1, -0.05) is 11.6 Å². The quantitative estimate of drug-likeness (QED) is 0.731. The van der Waals surface area contributed by atoms with E-state index in [1.165, 1.54) is 24.3 Å². The first-order chi connectivity index (χ1) is 13.9. The molecule has 30 heavy (non-hydrogen) atoms. The Balaban J connectivity index is 1.65. The number of sulfonamides is 1. The molecule has 0 radical (unpaired) electrons. The highest BCUT2D eigenvalue weighted by atomic mass is 35.5. The van der Waals surface area contributed by atoms with E-state index >= 15 is 0 Å². The number of carbonyl (C=O) groups is 2. The molecule has 160 valence electrons. The van der Waals surface area contributed by atoms with Crippen molar-refractivity contribution in [2.45, 2.75) is 37.6 Å². The average Bonchev–Trinajstić information content (AvgIpc) is 3.03. The average molecular weight is 450 g/mol. The molecule has 1 saturated heterocycles. The molecule has 2 aromatic carbocycles. The molecule has 0 spiro atoms. The molecule has 0 saturated carbocycles. The van der Waals surface area contributed by atoms with Crippen LogP contribution in [-0.4, -0.2) is 32.3 Å². The van der Waals surface area contributed by atoms with Crippen LogP contribution in [0.5, 0.6) is 0 Å². The second kappa shape index (κ2) is 8.37. The van der Waals surface area contributed by atoms with Crippen molar-refractivity contribution in [1.82, 2.24) is 4.72 Å². The van der Waals surface area contributed by atoms with E-state index in [9.17, 15) is 18.0 Å². The number of nitrogens with one attached hydrogen (secondary N) is 2. The normalized spacial score (nSPS) is 17.3. The Bertz CT molecular complexity index is 1050. The van der Waals surface area contributed by atoms with Gasteiger partial charge in [-0.25, -0.2) is 13.1 Å². The van der Waals surface area contributed by atoms with Gasteiger partial charge in [0, 0.05) is 34.9 Å². The maximum absolute atomic E-state index is 12.6. The van der Waals surface area contributed by atoms with Crippen LogP contribution in [-0.2, 0) is 19.6 Å². The van der Waals surface area contributed by atoms with Gasteiger partial charge in [0.25, 0.3) is 0 Å². The van der Waals surface area contributed by atoms with E-state index in [2.05, 4.69) is 10.0 Å². The molecule has 2 aromatic rings. The molecule has 1 aliphatic heterocycles. The molecule has 0 aromatic heterocycles. The number of carbonyl (C=O) groups excluding carboxylic acids is 2. The fourth-order valence-electron chi connectivity index (χ4n) is 3.18. The Labute approximate surface area is 181 Å². The summed E-state index contributed by atoms with van der Waals surface area (Å²) in [5, 5.41) is 3.33. The fraction of sp³-hybridized carbons (Fsp3) is 0.333. The lowest BCUT2D eigenvalue weighted by Gasteiger charge is -2.20. The molecular weight excluding hydrogens is 426 g/mol. The fourth-order valence-corrected chi connectivity index (χ4v) is 4.72. The molecule has 1 aliphatic rings. The minimum Gasteiger partial charge on any atom is -0.326 e.